The summed E-state index contributed by atoms with van der Waals surface area (Å²) >= 11 is 0. The Labute approximate surface area is 248 Å². The number of sulfonamides is 1. The lowest BCUT2D eigenvalue weighted by Gasteiger charge is -2.33. The van der Waals surface area contributed by atoms with E-state index in [-0.39, 0.29) is 23.8 Å². The number of carbonyl (C=O) groups is 2. The lowest BCUT2D eigenvalue weighted by atomic mass is 10.0. The number of aryl methyl sites for hydroxylation is 3. The minimum absolute atomic E-state index is 0.0850. The minimum atomic E-state index is -4.13. The molecule has 0 saturated carbocycles. The highest BCUT2D eigenvalue weighted by atomic mass is 32.2. The Morgan fingerprint density at radius 3 is 1.83 bits per heavy atom. The highest BCUT2D eigenvalue weighted by Crippen LogP contribution is 2.27. The number of rotatable bonds is 11. The molecule has 0 aliphatic heterocycles. The predicted molar refractivity (Wildman–Crippen MR) is 167 cm³/mol. The fraction of sp³-hybridized carbons (Fsp3) is 0.235. The van der Waals surface area contributed by atoms with Crippen LogP contribution in [0.3, 0.4) is 0 Å². The number of hydrogen-bond donors (Lipinski definition) is 1. The van der Waals surface area contributed by atoms with E-state index in [2.05, 4.69) is 5.32 Å². The van der Waals surface area contributed by atoms with Gasteiger partial charge < -0.3 is 10.2 Å². The van der Waals surface area contributed by atoms with Crippen molar-refractivity contribution in [2.75, 3.05) is 17.9 Å². The zero-order valence-corrected chi connectivity index (χ0v) is 25.3. The molecule has 0 fully saturated rings. The standard InChI is InChI=1S/C34H37N3O4S/c1-25-15-17-31(18-16-25)42(40,41)37(30-20-26(2)19-27(3)21-30)24-33(38)36(23-29-13-9-6-10-14-29)32(34(39)35-4)22-28-11-7-5-8-12-28/h5-21,32H,22-24H2,1-4H3,(H,35,39)/t32-/m0/s1. The van der Waals surface area contributed by atoms with Gasteiger partial charge in [0.25, 0.3) is 10.0 Å². The molecule has 2 amide bonds. The van der Waals surface area contributed by atoms with E-state index in [0.29, 0.717) is 5.69 Å². The van der Waals surface area contributed by atoms with E-state index in [1.54, 1.807) is 36.4 Å². The minimum Gasteiger partial charge on any atom is -0.357 e. The van der Waals surface area contributed by atoms with Crippen LogP contribution in [0.25, 0.3) is 0 Å². The van der Waals surface area contributed by atoms with Gasteiger partial charge in [0.1, 0.15) is 12.6 Å². The Balaban J connectivity index is 1.80. The summed E-state index contributed by atoms with van der Waals surface area (Å²) in [6, 6.07) is 30.0. The Bertz CT molecular complexity index is 1600. The molecular weight excluding hydrogens is 546 g/mol. The van der Waals surface area contributed by atoms with Crippen molar-refractivity contribution < 1.29 is 18.0 Å². The van der Waals surface area contributed by atoms with Gasteiger partial charge in [0.2, 0.25) is 11.8 Å². The number of hydrogen-bond acceptors (Lipinski definition) is 4. The third-order valence-electron chi connectivity index (χ3n) is 7.10. The number of nitrogens with zero attached hydrogens (tertiary/aromatic N) is 2. The lowest BCUT2D eigenvalue weighted by Crippen LogP contribution is -2.53. The van der Waals surface area contributed by atoms with Gasteiger partial charge in [-0.15, -0.1) is 0 Å². The van der Waals surface area contributed by atoms with E-state index in [0.717, 1.165) is 32.1 Å². The van der Waals surface area contributed by atoms with Crippen LogP contribution in [-0.4, -0.2) is 44.8 Å². The van der Waals surface area contributed by atoms with Gasteiger partial charge in [0, 0.05) is 20.0 Å². The summed E-state index contributed by atoms with van der Waals surface area (Å²) in [5, 5.41) is 2.70. The van der Waals surface area contributed by atoms with Gasteiger partial charge in [-0.1, -0.05) is 84.4 Å². The van der Waals surface area contributed by atoms with E-state index >= 15 is 0 Å². The van der Waals surface area contributed by atoms with Crippen molar-refractivity contribution >= 4 is 27.5 Å². The van der Waals surface area contributed by atoms with Crippen LogP contribution in [-0.2, 0) is 32.6 Å². The molecule has 7 nitrogen and oxygen atoms in total. The Kier molecular flexibility index (Phi) is 9.80. The highest BCUT2D eigenvalue weighted by Gasteiger charge is 2.34. The summed E-state index contributed by atoms with van der Waals surface area (Å²) in [7, 11) is -2.59. The maximum absolute atomic E-state index is 14.3. The van der Waals surface area contributed by atoms with Crippen LogP contribution in [0.2, 0.25) is 0 Å². The molecule has 0 aliphatic rings. The van der Waals surface area contributed by atoms with E-state index in [1.165, 1.54) is 11.9 Å². The van der Waals surface area contributed by atoms with Gasteiger partial charge in [0.15, 0.2) is 0 Å². The molecule has 0 aromatic heterocycles. The first-order valence-electron chi connectivity index (χ1n) is 13.8. The van der Waals surface area contributed by atoms with E-state index in [1.807, 2.05) is 87.5 Å². The molecule has 1 atom stereocenters. The quantitative estimate of drug-likeness (QED) is 0.263. The largest absolute Gasteiger partial charge is 0.357 e. The van der Waals surface area contributed by atoms with Crippen molar-refractivity contribution in [2.45, 2.75) is 44.7 Å². The summed E-state index contributed by atoms with van der Waals surface area (Å²) in [6.45, 7) is 5.31. The molecule has 218 valence electrons. The molecular formula is C34H37N3O4S. The molecule has 0 spiro atoms. The summed E-state index contributed by atoms with van der Waals surface area (Å²) < 4.78 is 29.4. The second kappa shape index (κ2) is 13.5. The average molecular weight is 584 g/mol. The zero-order valence-electron chi connectivity index (χ0n) is 24.4. The monoisotopic (exact) mass is 583 g/mol. The van der Waals surface area contributed by atoms with Crippen molar-refractivity contribution in [3.05, 3.63) is 131 Å². The predicted octanol–water partition coefficient (Wildman–Crippen LogP) is 5.19. The molecule has 0 radical (unpaired) electrons. The van der Waals surface area contributed by atoms with Crippen molar-refractivity contribution in [3.63, 3.8) is 0 Å². The number of nitrogens with one attached hydrogen (secondary N) is 1. The molecule has 0 aliphatic carbocycles. The smallest absolute Gasteiger partial charge is 0.264 e. The molecule has 4 rings (SSSR count). The number of carbonyl (C=O) groups excluding carboxylic acids is 2. The average Bonchev–Trinajstić information content (AvgIpc) is 2.97. The summed E-state index contributed by atoms with van der Waals surface area (Å²) in [5.41, 5.74) is 4.76. The number of likely N-dealkylation sites (N-methyl/N-ethyl adjacent to an activating group) is 1. The molecule has 0 saturated heterocycles. The second-order valence-electron chi connectivity index (χ2n) is 10.5. The van der Waals surface area contributed by atoms with Gasteiger partial charge in [-0.3, -0.25) is 13.9 Å². The van der Waals surface area contributed by atoms with Crippen LogP contribution in [0.15, 0.2) is 108 Å². The Morgan fingerprint density at radius 2 is 1.29 bits per heavy atom. The lowest BCUT2D eigenvalue weighted by molar-refractivity contribution is -0.139. The zero-order chi connectivity index (χ0) is 30.3. The molecule has 0 bridgehead atoms. The first kappa shape index (κ1) is 30.5. The fourth-order valence-electron chi connectivity index (χ4n) is 4.96. The highest BCUT2D eigenvalue weighted by molar-refractivity contribution is 7.92. The van der Waals surface area contributed by atoms with Crippen molar-refractivity contribution in [3.8, 4) is 0 Å². The summed E-state index contributed by atoms with van der Waals surface area (Å²) in [5.74, 6) is -0.819. The van der Waals surface area contributed by atoms with Crippen LogP contribution < -0.4 is 9.62 Å². The van der Waals surface area contributed by atoms with E-state index in [4.69, 9.17) is 0 Å². The van der Waals surface area contributed by atoms with Gasteiger partial charge >= 0.3 is 0 Å². The molecule has 0 heterocycles. The number of anilines is 1. The maximum Gasteiger partial charge on any atom is 0.264 e. The fourth-order valence-corrected chi connectivity index (χ4v) is 6.36. The third-order valence-corrected chi connectivity index (χ3v) is 8.88. The van der Waals surface area contributed by atoms with Crippen LogP contribution in [0, 0.1) is 20.8 Å². The first-order valence-corrected chi connectivity index (χ1v) is 15.3. The van der Waals surface area contributed by atoms with E-state index in [9.17, 15) is 18.0 Å². The summed E-state index contributed by atoms with van der Waals surface area (Å²) in [6.07, 6.45) is 0.271. The van der Waals surface area contributed by atoms with Gasteiger partial charge in [0.05, 0.1) is 10.6 Å². The molecule has 42 heavy (non-hydrogen) atoms. The molecule has 4 aromatic rings. The van der Waals surface area contributed by atoms with Crippen molar-refractivity contribution in [2.24, 2.45) is 0 Å². The molecule has 8 heteroatoms. The topological polar surface area (TPSA) is 86.8 Å². The molecule has 1 N–H and O–H groups in total. The SMILES string of the molecule is CNC(=O)[C@H](Cc1ccccc1)N(Cc1ccccc1)C(=O)CN(c1cc(C)cc(C)c1)S(=O)(=O)c1ccc(C)cc1. The maximum atomic E-state index is 14.3. The van der Waals surface area contributed by atoms with Crippen LogP contribution in [0.1, 0.15) is 27.8 Å². The van der Waals surface area contributed by atoms with Gasteiger partial charge in [-0.25, -0.2) is 8.42 Å². The normalized spacial score (nSPS) is 11.9. The Morgan fingerprint density at radius 1 is 0.738 bits per heavy atom. The van der Waals surface area contributed by atoms with Crippen molar-refractivity contribution in [1.29, 1.82) is 0 Å². The molecule has 0 unspecified atom stereocenters. The van der Waals surface area contributed by atoms with Gasteiger partial charge in [-0.2, -0.15) is 0 Å². The van der Waals surface area contributed by atoms with Crippen LogP contribution in [0.4, 0.5) is 5.69 Å². The van der Waals surface area contributed by atoms with E-state index < -0.39 is 28.5 Å². The first-order chi connectivity index (χ1) is 20.1. The second-order valence-corrected chi connectivity index (χ2v) is 12.4. The number of benzene rings is 4. The third kappa shape index (κ3) is 7.44. The van der Waals surface area contributed by atoms with Crippen molar-refractivity contribution in [1.82, 2.24) is 10.2 Å². The molecule has 4 aromatic carbocycles. The van der Waals surface area contributed by atoms with Crippen LogP contribution in [0.5, 0.6) is 0 Å². The van der Waals surface area contributed by atoms with Gasteiger partial charge in [-0.05, 0) is 67.3 Å². The Hall–Kier alpha value is -4.43. The summed E-state index contributed by atoms with van der Waals surface area (Å²) in [4.78, 5) is 29.2. The van der Waals surface area contributed by atoms with Crippen LogP contribution >= 0.6 is 0 Å². The number of amides is 2.